The van der Waals surface area contributed by atoms with Crippen LogP contribution in [-0.4, -0.2) is 23.3 Å². The van der Waals surface area contributed by atoms with Crippen molar-refractivity contribution < 1.29 is 9.31 Å². The van der Waals surface area contributed by atoms with Crippen LogP contribution in [0.25, 0.3) is 21.8 Å². The van der Waals surface area contributed by atoms with E-state index in [-0.39, 0.29) is 18.3 Å². The van der Waals surface area contributed by atoms with Gasteiger partial charge in [0.25, 0.3) is 0 Å². The Hall–Kier alpha value is -1.78. The van der Waals surface area contributed by atoms with Crippen molar-refractivity contribution in [1.82, 2.24) is 4.98 Å². The summed E-state index contributed by atoms with van der Waals surface area (Å²) in [5.74, 6) is 0. The molecule has 2 aromatic carbocycles. The number of rotatable bonds is 1. The maximum absolute atomic E-state index is 6.29. The van der Waals surface area contributed by atoms with Gasteiger partial charge in [0.1, 0.15) is 0 Å². The number of aromatic amines is 1. The lowest BCUT2D eigenvalue weighted by Crippen LogP contribution is -2.41. The first-order valence-electron chi connectivity index (χ1n) is 8.56. The van der Waals surface area contributed by atoms with Crippen molar-refractivity contribution >= 4 is 34.4 Å². The third kappa shape index (κ3) is 2.20. The molecule has 0 spiro atoms. The molecule has 0 amide bonds. The highest BCUT2D eigenvalue weighted by molar-refractivity contribution is 6.65. The topological polar surface area (TPSA) is 34.2 Å². The highest BCUT2D eigenvalue weighted by Gasteiger charge is 2.52. The predicted octanol–water partition coefficient (Wildman–Crippen LogP) is 4.24. The van der Waals surface area contributed by atoms with Crippen molar-refractivity contribution in [1.29, 1.82) is 0 Å². The number of hydrogen-bond donors (Lipinski definition) is 1. The highest BCUT2D eigenvalue weighted by atomic mass is 16.7. The Bertz CT molecular complexity index is 939. The van der Waals surface area contributed by atoms with Crippen LogP contribution in [0, 0.1) is 13.8 Å². The van der Waals surface area contributed by atoms with Crippen LogP contribution in [0.2, 0.25) is 0 Å². The van der Waals surface area contributed by atoms with Gasteiger partial charge in [0, 0.05) is 27.3 Å². The standard InChI is InChI=1S/C20H24BNO2/c1-12-7-8-17-14(9-12)15-10-13(2)11-16(18(15)22-17)21-23-19(3,4)20(5,6)24-21/h7-11,22H,1-6H3. The molecule has 0 unspecified atom stereocenters. The number of aryl methyl sites for hydroxylation is 2. The molecule has 4 heteroatoms. The van der Waals surface area contributed by atoms with Gasteiger partial charge in [-0.3, -0.25) is 0 Å². The zero-order chi connectivity index (χ0) is 17.3. The second kappa shape index (κ2) is 4.87. The van der Waals surface area contributed by atoms with E-state index in [4.69, 9.17) is 9.31 Å². The fraction of sp³-hybridized carbons (Fsp3) is 0.400. The van der Waals surface area contributed by atoms with E-state index < -0.39 is 0 Å². The quantitative estimate of drug-likeness (QED) is 0.680. The van der Waals surface area contributed by atoms with Gasteiger partial charge in [-0.1, -0.05) is 23.3 Å². The maximum atomic E-state index is 6.29. The molecule has 1 fully saturated rings. The summed E-state index contributed by atoms with van der Waals surface area (Å²) >= 11 is 0. The Labute approximate surface area is 143 Å². The molecule has 0 saturated carbocycles. The highest BCUT2D eigenvalue weighted by Crippen LogP contribution is 2.37. The molecule has 3 aromatic rings. The van der Waals surface area contributed by atoms with Crippen LogP contribution in [0.15, 0.2) is 30.3 Å². The molecule has 124 valence electrons. The second-order valence-corrected chi connectivity index (χ2v) is 8.04. The third-order valence-electron chi connectivity index (χ3n) is 5.55. The summed E-state index contributed by atoms with van der Waals surface area (Å²) in [6.07, 6.45) is 0. The summed E-state index contributed by atoms with van der Waals surface area (Å²) in [5.41, 5.74) is 5.15. The maximum Gasteiger partial charge on any atom is 0.497 e. The summed E-state index contributed by atoms with van der Waals surface area (Å²) < 4.78 is 12.6. The second-order valence-electron chi connectivity index (χ2n) is 8.04. The molecule has 1 aliphatic rings. The molecular formula is C20H24BNO2. The van der Waals surface area contributed by atoms with Gasteiger partial charge in [0.2, 0.25) is 0 Å². The van der Waals surface area contributed by atoms with Crippen molar-refractivity contribution in [3.63, 3.8) is 0 Å². The van der Waals surface area contributed by atoms with Gasteiger partial charge in [-0.15, -0.1) is 0 Å². The van der Waals surface area contributed by atoms with Crippen molar-refractivity contribution in [3.8, 4) is 0 Å². The lowest BCUT2D eigenvalue weighted by atomic mass is 9.77. The number of H-pyrrole nitrogens is 1. The molecule has 3 nitrogen and oxygen atoms in total. The SMILES string of the molecule is Cc1ccc2[nH]c3c(B4OC(C)(C)C(C)(C)O4)cc(C)cc3c2c1. The van der Waals surface area contributed by atoms with E-state index >= 15 is 0 Å². The first-order valence-corrected chi connectivity index (χ1v) is 8.56. The fourth-order valence-electron chi connectivity index (χ4n) is 3.45. The number of nitrogens with one attached hydrogen (secondary N) is 1. The molecule has 0 bridgehead atoms. The van der Waals surface area contributed by atoms with Gasteiger partial charge < -0.3 is 14.3 Å². The molecule has 4 rings (SSSR count). The monoisotopic (exact) mass is 321 g/mol. The minimum absolute atomic E-state index is 0.337. The first kappa shape index (κ1) is 15.7. The van der Waals surface area contributed by atoms with Crippen molar-refractivity contribution in [3.05, 3.63) is 41.5 Å². The molecule has 24 heavy (non-hydrogen) atoms. The summed E-state index contributed by atoms with van der Waals surface area (Å²) in [4.78, 5) is 3.57. The van der Waals surface area contributed by atoms with Crippen LogP contribution in [0.1, 0.15) is 38.8 Å². The summed E-state index contributed by atoms with van der Waals surface area (Å²) in [6, 6.07) is 10.9. The van der Waals surface area contributed by atoms with Gasteiger partial charge in [-0.25, -0.2) is 0 Å². The smallest absolute Gasteiger partial charge is 0.399 e. The predicted molar refractivity (Wildman–Crippen MR) is 101 cm³/mol. The zero-order valence-electron chi connectivity index (χ0n) is 15.3. The van der Waals surface area contributed by atoms with Crippen LogP contribution in [0.4, 0.5) is 0 Å². The van der Waals surface area contributed by atoms with Gasteiger partial charge in [0.15, 0.2) is 0 Å². The summed E-state index contributed by atoms with van der Waals surface area (Å²) in [6.45, 7) is 12.6. The minimum Gasteiger partial charge on any atom is -0.399 e. The zero-order valence-corrected chi connectivity index (χ0v) is 15.3. The average molecular weight is 321 g/mol. The average Bonchev–Trinajstić information content (AvgIpc) is 2.93. The van der Waals surface area contributed by atoms with E-state index in [9.17, 15) is 0 Å². The van der Waals surface area contributed by atoms with E-state index in [0.29, 0.717) is 0 Å². The van der Waals surface area contributed by atoms with Gasteiger partial charge in [-0.05, 0) is 59.7 Å². The largest absolute Gasteiger partial charge is 0.497 e. The Morgan fingerprint density at radius 2 is 1.46 bits per heavy atom. The normalized spacial score (nSPS) is 19.5. The Balaban J connectivity index is 1.95. The molecule has 0 aliphatic carbocycles. The van der Waals surface area contributed by atoms with E-state index in [0.717, 1.165) is 16.5 Å². The van der Waals surface area contributed by atoms with Gasteiger partial charge in [0.05, 0.1) is 11.2 Å². The fourth-order valence-corrected chi connectivity index (χ4v) is 3.45. The van der Waals surface area contributed by atoms with Crippen LogP contribution in [0.5, 0.6) is 0 Å². The molecule has 0 radical (unpaired) electrons. The molecule has 1 aromatic heterocycles. The Morgan fingerprint density at radius 3 is 2.12 bits per heavy atom. The van der Waals surface area contributed by atoms with E-state index in [1.807, 2.05) is 0 Å². The van der Waals surface area contributed by atoms with Crippen LogP contribution in [-0.2, 0) is 9.31 Å². The van der Waals surface area contributed by atoms with Crippen molar-refractivity contribution in [2.45, 2.75) is 52.7 Å². The number of aromatic nitrogens is 1. The van der Waals surface area contributed by atoms with Crippen LogP contribution >= 0.6 is 0 Å². The number of benzene rings is 2. The van der Waals surface area contributed by atoms with E-state index in [1.165, 1.54) is 21.9 Å². The molecule has 0 atom stereocenters. The van der Waals surface area contributed by atoms with E-state index in [2.05, 4.69) is 76.9 Å². The first-order chi connectivity index (χ1) is 11.2. The van der Waals surface area contributed by atoms with Crippen molar-refractivity contribution in [2.75, 3.05) is 0 Å². The van der Waals surface area contributed by atoms with Crippen LogP contribution < -0.4 is 5.46 Å². The Kier molecular flexibility index (Phi) is 3.19. The van der Waals surface area contributed by atoms with Gasteiger partial charge in [-0.2, -0.15) is 0 Å². The summed E-state index contributed by atoms with van der Waals surface area (Å²) in [7, 11) is -0.355. The number of fused-ring (bicyclic) bond motifs is 3. The molecule has 1 aliphatic heterocycles. The molecule has 1 saturated heterocycles. The van der Waals surface area contributed by atoms with Gasteiger partial charge >= 0.3 is 7.12 Å². The Morgan fingerprint density at radius 1 is 0.833 bits per heavy atom. The third-order valence-corrected chi connectivity index (χ3v) is 5.55. The molecular weight excluding hydrogens is 297 g/mol. The minimum atomic E-state index is -0.355. The molecule has 1 N–H and O–H groups in total. The van der Waals surface area contributed by atoms with E-state index in [1.54, 1.807) is 0 Å². The van der Waals surface area contributed by atoms with Crippen LogP contribution in [0.3, 0.4) is 0 Å². The lowest BCUT2D eigenvalue weighted by Gasteiger charge is -2.32. The lowest BCUT2D eigenvalue weighted by molar-refractivity contribution is 0.00578. The van der Waals surface area contributed by atoms with Crippen molar-refractivity contribution in [2.24, 2.45) is 0 Å². The summed E-state index contributed by atoms with van der Waals surface area (Å²) in [5, 5.41) is 2.49. The molecule has 2 heterocycles. The number of hydrogen-bond acceptors (Lipinski definition) is 2.